The van der Waals surface area contributed by atoms with Crippen molar-refractivity contribution in [1.82, 2.24) is 0 Å². The van der Waals surface area contributed by atoms with E-state index in [0.29, 0.717) is 17.4 Å². The minimum atomic E-state index is -0.891. The van der Waals surface area contributed by atoms with Gasteiger partial charge in [-0.3, -0.25) is 0 Å². The fraction of sp³-hybridized carbons (Fsp3) is 0.500. The summed E-state index contributed by atoms with van der Waals surface area (Å²) in [4.78, 5) is 13.4. The number of anilines is 1. The Bertz CT molecular complexity index is 439. The van der Waals surface area contributed by atoms with Crippen LogP contribution in [0.15, 0.2) is 18.2 Å². The van der Waals surface area contributed by atoms with E-state index in [1.807, 2.05) is 13.1 Å². The van der Waals surface area contributed by atoms with E-state index in [1.54, 1.807) is 19.2 Å². The molecule has 0 saturated heterocycles. The molecule has 0 radical (unpaired) electrons. The second-order valence-electron chi connectivity index (χ2n) is 4.74. The number of aromatic carboxylic acids is 1. The number of ether oxygens (including phenoxy) is 1. The lowest BCUT2D eigenvalue weighted by atomic mass is 10.1. The monoisotopic (exact) mass is 249 g/mol. The molecule has 1 aromatic rings. The van der Waals surface area contributed by atoms with Crippen LogP contribution >= 0.6 is 0 Å². The molecule has 1 N–H and O–H groups in total. The van der Waals surface area contributed by atoms with Gasteiger partial charge in [0.2, 0.25) is 0 Å². The van der Waals surface area contributed by atoms with Crippen LogP contribution in [0.5, 0.6) is 5.75 Å². The van der Waals surface area contributed by atoms with Gasteiger partial charge < -0.3 is 14.7 Å². The van der Waals surface area contributed by atoms with Gasteiger partial charge in [-0.2, -0.15) is 0 Å². The molecular weight excluding hydrogens is 230 g/mol. The third kappa shape index (κ3) is 2.42. The van der Waals surface area contributed by atoms with E-state index < -0.39 is 5.97 Å². The lowest BCUT2D eigenvalue weighted by Gasteiger charge is -2.28. The maximum absolute atomic E-state index is 11.3. The van der Waals surface area contributed by atoms with E-state index in [2.05, 4.69) is 4.90 Å². The van der Waals surface area contributed by atoms with E-state index in [0.717, 1.165) is 18.5 Å². The minimum Gasteiger partial charge on any atom is -0.497 e. The van der Waals surface area contributed by atoms with Crippen LogP contribution in [0.1, 0.15) is 36.0 Å². The van der Waals surface area contributed by atoms with Crippen molar-refractivity contribution in [2.24, 2.45) is 0 Å². The van der Waals surface area contributed by atoms with Crippen molar-refractivity contribution in [3.63, 3.8) is 0 Å². The van der Waals surface area contributed by atoms with Crippen LogP contribution < -0.4 is 9.64 Å². The number of methoxy groups -OCH3 is 1. The zero-order valence-corrected chi connectivity index (χ0v) is 10.8. The van der Waals surface area contributed by atoms with Crippen molar-refractivity contribution < 1.29 is 14.6 Å². The first-order chi connectivity index (χ1) is 8.63. The summed E-state index contributed by atoms with van der Waals surface area (Å²) in [5.74, 6) is -0.197. The highest BCUT2D eigenvalue weighted by molar-refractivity contribution is 5.94. The van der Waals surface area contributed by atoms with Crippen LogP contribution in [0.2, 0.25) is 0 Å². The Hall–Kier alpha value is -1.71. The summed E-state index contributed by atoms with van der Waals surface area (Å²) >= 11 is 0. The first kappa shape index (κ1) is 12.7. The molecule has 0 amide bonds. The van der Waals surface area contributed by atoms with Crippen molar-refractivity contribution in [2.75, 3.05) is 19.1 Å². The molecule has 4 heteroatoms. The highest BCUT2D eigenvalue weighted by Gasteiger charge is 2.23. The van der Waals surface area contributed by atoms with E-state index >= 15 is 0 Å². The fourth-order valence-corrected chi connectivity index (χ4v) is 2.60. The van der Waals surface area contributed by atoms with Gasteiger partial charge in [-0.1, -0.05) is 12.8 Å². The number of carboxylic acid groups (broad SMARTS) is 1. The molecule has 1 aromatic carbocycles. The molecule has 4 nitrogen and oxygen atoms in total. The number of carbonyl (C=O) groups is 1. The van der Waals surface area contributed by atoms with E-state index in [9.17, 15) is 9.90 Å². The van der Waals surface area contributed by atoms with Gasteiger partial charge in [0.15, 0.2) is 0 Å². The maximum Gasteiger partial charge on any atom is 0.337 e. The van der Waals surface area contributed by atoms with Crippen LogP contribution in [-0.4, -0.2) is 31.3 Å². The fourth-order valence-electron chi connectivity index (χ4n) is 2.60. The number of nitrogens with zero attached hydrogens (tertiary/aromatic N) is 1. The van der Waals surface area contributed by atoms with E-state index in [1.165, 1.54) is 12.8 Å². The summed E-state index contributed by atoms with van der Waals surface area (Å²) < 4.78 is 5.18. The predicted molar refractivity (Wildman–Crippen MR) is 70.6 cm³/mol. The molecule has 0 bridgehead atoms. The van der Waals surface area contributed by atoms with Crippen LogP contribution in [0.25, 0.3) is 0 Å². The van der Waals surface area contributed by atoms with Gasteiger partial charge in [-0.25, -0.2) is 4.79 Å². The van der Waals surface area contributed by atoms with Gasteiger partial charge in [0.1, 0.15) is 5.75 Å². The van der Waals surface area contributed by atoms with Gasteiger partial charge in [-0.05, 0) is 25.0 Å². The van der Waals surface area contributed by atoms with Gasteiger partial charge >= 0.3 is 5.97 Å². The minimum absolute atomic E-state index is 0.338. The Balaban J connectivity index is 2.35. The molecular formula is C14H19NO3. The summed E-state index contributed by atoms with van der Waals surface area (Å²) in [5, 5.41) is 9.25. The van der Waals surface area contributed by atoms with Crippen LogP contribution in [0, 0.1) is 0 Å². The Morgan fingerprint density at radius 3 is 2.61 bits per heavy atom. The Labute approximate surface area is 107 Å². The number of rotatable bonds is 4. The first-order valence-corrected chi connectivity index (χ1v) is 6.27. The topological polar surface area (TPSA) is 49.8 Å². The second-order valence-corrected chi connectivity index (χ2v) is 4.74. The van der Waals surface area contributed by atoms with Crippen molar-refractivity contribution in [1.29, 1.82) is 0 Å². The molecule has 18 heavy (non-hydrogen) atoms. The molecule has 1 fully saturated rings. The molecule has 1 aliphatic rings. The molecule has 0 aromatic heterocycles. The molecule has 0 heterocycles. The second kappa shape index (κ2) is 5.29. The van der Waals surface area contributed by atoms with Gasteiger partial charge in [0.05, 0.1) is 18.4 Å². The highest BCUT2D eigenvalue weighted by atomic mass is 16.5. The maximum atomic E-state index is 11.3. The average Bonchev–Trinajstić information content (AvgIpc) is 2.90. The molecule has 1 saturated carbocycles. The quantitative estimate of drug-likeness (QED) is 0.891. The molecule has 0 atom stereocenters. The van der Waals surface area contributed by atoms with Crippen LogP contribution in [0.4, 0.5) is 5.69 Å². The number of carboxylic acids is 1. The molecule has 2 rings (SSSR count). The van der Waals surface area contributed by atoms with Gasteiger partial charge in [0, 0.05) is 19.2 Å². The van der Waals surface area contributed by atoms with Crippen LogP contribution in [-0.2, 0) is 0 Å². The Morgan fingerprint density at radius 1 is 1.39 bits per heavy atom. The van der Waals surface area contributed by atoms with E-state index in [-0.39, 0.29) is 0 Å². The number of benzene rings is 1. The number of hydrogen-bond acceptors (Lipinski definition) is 3. The zero-order chi connectivity index (χ0) is 13.1. The zero-order valence-electron chi connectivity index (χ0n) is 10.8. The van der Waals surface area contributed by atoms with Crippen molar-refractivity contribution in [3.05, 3.63) is 23.8 Å². The van der Waals surface area contributed by atoms with Crippen molar-refractivity contribution in [3.8, 4) is 5.75 Å². The summed E-state index contributed by atoms with van der Waals surface area (Å²) in [7, 11) is 3.56. The average molecular weight is 249 g/mol. The van der Waals surface area contributed by atoms with Crippen molar-refractivity contribution in [2.45, 2.75) is 31.7 Å². The number of hydrogen-bond donors (Lipinski definition) is 1. The predicted octanol–water partition coefficient (Wildman–Crippen LogP) is 2.77. The van der Waals surface area contributed by atoms with Crippen molar-refractivity contribution >= 4 is 11.7 Å². The lowest BCUT2D eigenvalue weighted by molar-refractivity contribution is 0.0697. The molecule has 1 aliphatic carbocycles. The third-order valence-electron chi connectivity index (χ3n) is 3.69. The standard InChI is InChI=1S/C14H19NO3/c1-15(10-5-3-4-6-10)13-9-11(18-2)7-8-12(13)14(16)17/h7-10H,3-6H2,1-2H3,(H,16,17). The summed E-state index contributed by atoms with van der Waals surface area (Å²) in [6, 6.07) is 5.55. The van der Waals surface area contributed by atoms with Crippen LogP contribution in [0.3, 0.4) is 0 Å². The summed E-state index contributed by atoms with van der Waals surface area (Å²) in [5.41, 5.74) is 1.08. The third-order valence-corrected chi connectivity index (χ3v) is 3.69. The molecule has 0 aliphatic heterocycles. The molecule has 98 valence electrons. The Morgan fingerprint density at radius 2 is 2.06 bits per heavy atom. The SMILES string of the molecule is COc1ccc(C(=O)O)c(N(C)C2CCCC2)c1. The largest absolute Gasteiger partial charge is 0.497 e. The van der Waals surface area contributed by atoms with Gasteiger partial charge in [-0.15, -0.1) is 0 Å². The molecule has 0 unspecified atom stereocenters. The summed E-state index contributed by atoms with van der Waals surface area (Å²) in [6.45, 7) is 0. The Kier molecular flexibility index (Phi) is 3.75. The molecule has 0 spiro atoms. The highest BCUT2D eigenvalue weighted by Crippen LogP contribution is 2.31. The lowest BCUT2D eigenvalue weighted by Crippen LogP contribution is -2.30. The van der Waals surface area contributed by atoms with E-state index in [4.69, 9.17) is 4.74 Å². The normalized spacial score (nSPS) is 15.7. The summed E-state index contributed by atoms with van der Waals surface area (Å²) in [6.07, 6.45) is 4.71. The van der Waals surface area contributed by atoms with Gasteiger partial charge in [0.25, 0.3) is 0 Å². The first-order valence-electron chi connectivity index (χ1n) is 6.27. The smallest absolute Gasteiger partial charge is 0.337 e.